The van der Waals surface area contributed by atoms with Gasteiger partial charge in [0.15, 0.2) is 0 Å². The van der Waals surface area contributed by atoms with Crippen LogP contribution in [0.2, 0.25) is 0 Å². The number of hydrogen-bond donors (Lipinski definition) is 1. The highest BCUT2D eigenvalue weighted by atomic mass is 32.2. The quantitative estimate of drug-likeness (QED) is 0.641. The molecule has 3 nitrogen and oxygen atoms in total. The molecule has 1 aliphatic heterocycles. The minimum Gasteiger partial charge on any atom is -0.214 e. The number of rotatable bonds is 0. The highest BCUT2D eigenvalue weighted by Crippen LogP contribution is 2.57. The molecule has 76 valence electrons. The van der Waals surface area contributed by atoms with Crippen LogP contribution < -0.4 is 4.72 Å². The van der Waals surface area contributed by atoms with Crippen molar-refractivity contribution in [3.8, 4) is 0 Å². The molecule has 1 saturated heterocycles. The van der Waals surface area contributed by atoms with Crippen LogP contribution >= 0.6 is 0 Å². The predicted molar refractivity (Wildman–Crippen MR) is 51.8 cm³/mol. The van der Waals surface area contributed by atoms with E-state index in [4.69, 9.17) is 0 Å². The average Bonchev–Trinajstić information content (AvgIpc) is 2.56. The lowest BCUT2D eigenvalue weighted by molar-refractivity contribution is 0.292. The van der Waals surface area contributed by atoms with Crippen LogP contribution in [0.15, 0.2) is 0 Å². The molecule has 2 aliphatic rings. The van der Waals surface area contributed by atoms with E-state index in [0.717, 1.165) is 12.8 Å². The smallest absolute Gasteiger partial charge is 0.214 e. The average molecular weight is 203 g/mol. The van der Waals surface area contributed by atoms with Crippen LogP contribution in [0.25, 0.3) is 0 Å². The molecule has 2 rings (SSSR count). The Balaban J connectivity index is 2.33. The molecule has 1 heterocycles. The Labute approximate surface area is 80.0 Å². The predicted octanol–water partition coefficient (Wildman–Crippen LogP) is 1.11. The van der Waals surface area contributed by atoms with E-state index in [2.05, 4.69) is 18.6 Å². The molecule has 0 aromatic rings. The van der Waals surface area contributed by atoms with E-state index in [-0.39, 0.29) is 5.41 Å². The minimum absolute atomic E-state index is 0.121. The molecule has 1 spiro atoms. The summed E-state index contributed by atoms with van der Waals surface area (Å²) in [5, 5.41) is 0. The van der Waals surface area contributed by atoms with Crippen LogP contribution in [-0.4, -0.2) is 19.7 Å². The van der Waals surface area contributed by atoms with Gasteiger partial charge in [-0.15, -0.1) is 0 Å². The van der Waals surface area contributed by atoms with Crippen molar-refractivity contribution < 1.29 is 8.42 Å². The highest BCUT2D eigenvalue weighted by Gasteiger charge is 2.64. The van der Waals surface area contributed by atoms with E-state index in [0.29, 0.717) is 12.5 Å². The normalized spacial score (nSPS) is 46.2. The van der Waals surface area contributed by atoms with Crippen molar-refractivity contribution in [3.63, 3.8) is 0 Å². The third-order valence-corrected chi connectivity index (χ3v) is 5.75. The van der Waals surface area contributed by atoms with Crippen molar-refractivity contribution >= 4 is 10.0 Å². The van der Waals surface area contributed by atoms with Crippen LogP contribution in [-0.2, 0) is 10.0 Å². The summed E-state index contributed by atoms with van der Waals surface area (Å²) >= 11 is 0. The summed E-state index contributed by atoms with van der Waals surface area (Å²) in [4.78, 5) is 0. The van der Waals surface area contributed by atoms with Crippen molar-refractivity contribution in [1.29, 1.82) is 0 Å². The fourth-order valence-electron chi connectivity index (χ4n) is 2.48. The van der Waals surface area contributed by atoms with Gasteiger partial charge < -0.3 is 0 Å². The second-order valence-corrected chi connectivity index (χ2v) is 7.44. The van der Waals surface area contributed by atoms with Gasteiger partial charge in [-0.25, -0.2) is 13.1 Å². The monoisotopic (exact) mass is 203 g/mol. The molecule has 1 N–H and O–H groups in total. The first kappa shape index (κ1) is 9.46. The molecular formula is C9H17NO2S. The zero-order valence-electron chi connectivity index (χ0n) is 8.42. The SMILES string of the molecule is C[C@@H]1CC12CC(C)(C)CNS2(=O)=O. The van der Waals surface area contributed by atoms with Gasteiger partial charge >= 0.3 is 0 Å². The van der Waals surface area contributed by atoms with Crippen LogP contribution in [0.3, 0.4) is 0 Å². The summed E-state index contributed by atoms with van der Waals surface area (Å²) in [6, 6.07) is 0. The van der Waals surface area contributed by atoms with Crippen molar-refractivity contribution in [3.05, 3.63) is 0 Å². The lowest BCUT2D eigenvalue weighted by Crippen LogP contribution is -2.50. The first-order valence-corrected chi connectivity index (χ1v) is 6.27. The second-order valence-electron chi connectivity index (χ2n) is 5.34. The van der Waals surface area contributed by atoms with Gasteiger partial charge in [0.2, 0.25) is 10.0 Å². The highest BCUT2D eigenvalue weighted by molar-refractivity contribution is 7.91. The number of nitrogens with one attached hydrogen (secondary N) is 1. The van der Waals surface area contributed by atoms with Crippen molar-refractivity contribution in [2.24, 2.45) is 11.3 Å². The summed E-state index contributed by atoms with van der Waals surface area (Å²) in [6.07, 6.45) is 1.66. The van der Waals surface area contributed by atoms with Crippen LogP contribution in [0.5, 0.6) is 0 Å². The Hall–Kier alpha value is -0.0900. The Morgan fingerprint density at radius 2 is 1.92 bits per heavy atom. The molecule has 1 unspecified atom stereocenters. The maximum absolute atomic E-state index is 11.8. The van der Waals surface area contributed by atoms with E-state index in [1.54, 1.807) is 0 Å². The molecule has 0 bridgehead atoms. The third kappa shape index (κ3) is 1.22. The lowest BCUT2D eigenvalue weighted by Gasteiger charge is -2.36. The van der Waals surface area contributed by atoms with Crippen LogP contribution in [0.1, 0.15) is 33.6 Å². The summed E-state index contributed by atoms with van der Waals surface area (Å²) in [7, 11) is -3.02. The van der Waals surface area contributed by atoms with Crippen molar-refractivity contribution in [2.75, 3.05) is 6.54 Å². The first-order chi connectivity index (χ1) is 5.79. The topological polar surface area (TPSA) is 46.2 Å². The molecule has 4 heteroatoms. The molecule has 13 heavy (non-hydrogen) atoms. The number of sulfonamides is 1. The van der Waals surface area contributed by atoms with E-state index in [9.17, 15) is 8.42 Å². The second kappa shape index (κ2) is 2.28. The van der Waals surface area contributed by atoms with E-state index < -0.39 is 14.8 Å². The Morgan fingerprint density at radius 1 is 1.38 bits per heavy atom. The standard InChI is InChI=1S/C9H17NO2S/c1-7-4-9(7)5-8(2,3)6-10-13(9,11)12/h7,10H,4-6H2,1-3H3/t7-,9?/m1/s1. The molecule has 0 aromatic carbocycles. The van der Waals surface area contributed by atoms with E-state index in [1.165, 1.54) is 0 Å². The lowest BCUT2D eigenvalue weighted by atomic mass is 9.86. The minimum atomic E-state index is -3.02. The Bertz CT molecular complexity index is 334. The Morgan fingerprint density at radius 3 is 2.31 bits per heavy atom. The van der Waals surface area contributed by atoms with Crippen LogP contribution in [0, 0.1) is 11.3 Å². The van der Waals surface area contributed by atoms with Gasteiger partial charge in [-0.3, -0.25) is 0 Å². The molecule has 0 amide bonds. The van der Waals surface area contributed by atoms with Crippen LogP contribution in [0.4, 0.5) is 0 Å². The third-order valence-electron chi connectivity index (χ3n) is 3.44. The molecule has 2 fully saturated rings. The van der Waals surface area contributed by atoms with Gasteiger partial charge in [-0.05, 0) is 24.2 Å². The van der Waals surface area contributed by atoms with Crippen molar-refractivity contribution in [1.82, 2.24) is 4.72 Å². The zero-order chi connectivity index (χ0) is 9.91. The van der Waals surface area contributed by atoms with Gasteiger partial charge in [0.1, 0.15) is 0 Å². The fraction of sp³-hybridized carbons (Fsp3) is 1.00. The summed E-state index contributed by atoms with van der Waals surface area (Å²) in [5.74, 6) is 0.338. The Kier molecular flexibility index (Phi) is 1.66. The maximum atomic E-state index is 11.8. The first-order valence-electron chi connectivity index (χ1n) is 4.78. The fourth-order valence-corrected chi connectivity index (χ4v) is 4.93. The molecular weight excluding hydrogens is 186 g/mol. The summed E-state index contributed by atoms with van der Waals surface area (Å²) in [6.45, 7) is 6.87. The van der Waals surface area contributed by atoms with Gasteiger partial charge in [0.05, 0.1) is 4.75 Å². The van der Waals surface area contributed by atoms with Crippen molar-refractivity contribution in [2.45, 2.75) is 38.4 Å². The van der Waals surface area contributed by atoms with Gasteiger partial charge in [-0.2, -0.15) is 0 Å². The van der Waals surface area contributed by atoms with Gasteiger partial charge in [0, 0.05) is 6.54 Å². The largest absolute Gasteiger partial charge is 0.217 e. The zero-order valence-corrected chi connectivity index (χ0v) is 9.24. The summed E-state index contributed by atoms with van der Waals surface area (Å²) < 4.78 is 25.8. The molecule has 0 aromatic heterocycles. The summed E-state index contributed by atoms with van der Waals surface area (Å²) in [5.41, 5.74) is 0.121. The molecule has 1 aliphatic carbocycles. The molecule has 2 atom stereocenters. The van der Waals surface area contributed by atoms with Gasteiger partial charge in [0.25, 0.3) is 0 Å². The molecule has 1 saturated carbocycles. The van der Waals surface area contributed by atoms with Gasteiger partial charge in [-0.1, -0.05) is 20.8 Å². The van der Waals surface area contributed by atoms with E-state index in [1.807, 2.05) is 6.92 Å². The molecule has 0 radical (unpaired) electrons. The van der Waals surface area contributed by atoms with E-state index >= 15 is 0 Å². The maximum Gasteiger partial charge on any atom is 0.217 e. The number of hydrogen-bond acceptors (Lipinski definition) is 2.